The van der Waals surface area contributed by atoms with Crippen molar-refractivity contribution in [2.75, 3.05) is 25.0 Å². The van der Waals surface area contributed by atoms with E-state index in [9.17, 15) is 8.42 Å². The topological polar surface area (TPSA) is 139 Å². The Morgan fingerprint density at radius 3 is 2.21 bits per heavy atom. The molecule has 0 radical (unpaired) electrons. The molecular weight excluding hydrogens is 518 g/mol. The number of para-hydroxylation sites is 2. The number of benzene rings is 2. The molecule has 0 spiro atoms. The molecule has 0 bridgehead atoms. The minimum atomic E-state index is -4.09. The second-order valence-electron chi connectivity index (χ2n) is 9.54. The molecule has 10 nitrogen and oxygen atoms in total. The van der Waals surface area contributed by atoms with Crippen molar-refractivity contribution in [2.45, 2.75) is 31.1 Å². The standard InChI is InChI=1S/C28H31N5O5S/c1-28(2,3)20-9-11-21(12-10-20)39(34,35)33-26-24(38-23-8-6-5-7-22(23)36-4)27(37-18-15-29)32-25(31-26)19-13-16-30-17-14-19/h5-14,16-17H,15,18,29H2,1-4H3,(H,31,32,33). The van der Waals surface area contributed by atoms with Crippen LogP contribution in [0.5, 0.6) is 23.1 Å². The summed E-state index contributed by atoms with van der Waals surface area (Å²) in [4.78, 5) is 13.1. The molecule has 0 aliphatic carbocycles. The van der Waals surface area contributed by atoms with E-state index in [-0.39, 0.29) is 46.7 Å². The maximum absolute atomic E-state index is 13.5. The summed E-state index contributed by atoms with van der Waals surface area (Å²) in [6.07, 6.45) is 3.16. The van der Waals surface area contributed by atoms with Crippen LogP contribution in [0.4, 0.5) is 5.82 Å². The highest BCUT2D eigenvalue weighted by Crippen LogP contribution is 2.41. The highest BCUT2D eigenvalue weighted by molar-refractivity contribution is 7.92. The molecule has 0 amide bonds. The second kappa shape index (κ2) is 11.7. The molecule has 2 aromatic heterocycles. The number of aromatic nitrogens is 3. The highest BCUT2D eigenvalue weighted by atomic mass is 32.2. The third kappa shape index (κ3) is 6.62. The van der Waals surface area contributed by atoms with E-state index in [0.29, 0.717) is 17.1 Å². The van der Waals surface area contributed by atoms with Crippen LogP contribution in [-0.2, 0) is 15.4 Å². The van der Waals surface area contributed by atoms with Crippen molar-refractivity contribution < 1.29 is 22.6 Å². The Balaban J connectivity index is 1.85. The molecule has 4 aromatic rings. The molecular formula is C28H31N5O5S. The van der Waals surface area contributed by atoms with Crippen molar-refractivity contribution in [1.82, 2.24) is 15.0 Å². The fourth-order valence-electron chi connectivity index (χ4n) is 3.61. The normalized spacial score (nSPS) is 11.6. The van der Waals surface area contributed by atoms with Crippen LogP contribution >= 0.6 is 0 Å². The molecule has 39 heavy (non-hydrogen) atoms. The van der Waals surface area contributed by atoms with E-state index in [1.54, 1.807) is 73.1 Å². The molecule has 0 saturated carbocycles. The van der Waals surface area contributed by atoms with Crippen LogP contribution < -0.4 is 24.7 Å². The second-order valence-corrected chi connectivity index (χ2v) is 11.2. The lowest BCUT2D eigenvalue weighted by Gasteiger charge is -2.20. The number of rotatable bonds is 10. The number of nitrogens with zero attached hydrogens (tertiary/aromatic N) is 3. The predicted molar refractivity (Wildman–Crippen MR) is 149 cm³/mol. The van der Waals surface area contributed by atoms with Crippen LogP contribution in [-0.4, -0.2) is 43.6 Å². The summed E-state index contributed by atoms with van der Waals surface area (Å²) in [5.41, 5.74) is 7.15. The summed E-state index contributed by atoms with van der Waals surface area (Å²) in [5.74, 6) is 0.793. The van der Waals surface area contributed by atoms with Crippen LogP contribution in [0.3, 0.4) is 0 Å². The third-order valence-corrected chi connectivity index (χ3v) is 7.03. The number of hydrogen-bond acceptors (Lipinski definition) is 9. The predicted octanol–water partition coefficient (Wildman–Crippen LogP) is 4.78. The van der Waals surface area contributed by atoms with Crippen LogP contribution in [0.2, 0.25) is 0 Å². The Kier molecular flexibility index (Phi) is 8.32. The third-order valence-electron chi connectivity index (χ3n) is 5.67. The quantitative estimate of drug-likeness (QED) is 0.286. The maximum atomic E-state index is 13.5. The van der Waals surface area contributed by atoms with Crippen LogP contribution in [0.1, 0.15) is 26.3 Å². The van der Waals surface area contributed by atoms with Gasteiger partial charge in [-0.3, -0.25) is 9.71 Å². The average Bonchev–Trinajstić information content (AvgIpc) is 2.93. The summed E-state index contributed by atoms with van der Waals surface area (Å²) in [6.45, 7) is 6.47. The number of nitrogens with two attached hydrogens (primary N) is 1. The number of sulfonamides is 1. The fraction of sp³-hybridized carbons (Fsp3) is 0.250. The lowest BCUT2D eigenvalue weighted by molar-refractivity contribution is 0.296. The first-order valence-electron chi connectivity index (χ1n) is 12.2. The Labute approximate surface area is 228 Å². The van der Waals surface area contributed by atoms with E-state index in [4.69, 9.17) is 19.9 Å². The molecule has 2 aromatic carbocycles. The van der Waals surface area contributed by atoms with Crippen molar-refractivity contribution >= 4 is 15.8 Å². The van der Waals surface area contributed by atoms with Gasteiger partial charge in [0.15, 0.2) is 23.1 Å². The Bertz CT molecular complexity index is 1520. The van der Waals surface area contributed by atoms with Crippen LogP contribution in [0, 0.1) is 0 Å². The number of ether oxygens (including phenoxy) is 3. The van der Waals surface area contributed by atoms with Crippen molar-refractivity contribution in [3.63, 3.8) is 0 Å². The van der Waals surface area contributed by atoms with Gasteiger partial charge >= 0.3 is 0 Å². The molecule has 3 N–H and O–H groups in total. The van der Waals surface area contributed by atoms with Crippen molar-refractivity contribution in [2.24, 2.45) is 5.73 Å². The lowest BCUT2D eigenvalue weighted by Crippen LogP contribution is -2.18. The first kappa shape index (κ1) is 27.8. The summed E-state index contributed by atoms with van der Waals surface area (Å²) in [5, 5.41) is 0. The van der Waals surface area contributed by atoms with Crippen molar-refractivity contribution in [3.05, 3.63) is 78.6 Å². The summed E-state index contributed by atoms with van der Waals surface area (Å²) in [6, 6.07) is 17.0. The molecule has 204 valence electrons. The van der Waals surface area contributed by atoms with E-state index in [1.165, 1.54) is 7.11 Å². The molecule has 0 atom stereocenters. The molecule has 0 fully saturated rings. The average molecular weight is 550 g/mol. The van der Waals surface area contributed by atoms with Gasteiger partial charge in [0.05, 0.1) is 12.0 Å². The van der Waals surface area contributed by atoms with Gasteiger partial charge in [0.2, 0.25) is 5.75 Å². The largest absolute Gasteiger partial charge is 0.493 e. The fourth-order valence-corrected chi connectivity index (χ4v) is 4.61. The summed E-state index contributed by atoms with van der Waals surface area (Å²) in [7, 11) is -2.58. The lowest BCUT2D eigenvalue weighted by atomic mass is 9.87. The van der Waals surface area contributed by atoms with Gasteiger partial charge in [-0.15, -0.1) is 0 Å². The van der Waals surface area contributed by atoms with E-state index in [1.807, 2.05) is 0 Å². The molecule has 0 aliphatic heterocycles. The van der Waals surface area contributed by atoms with Crippen LogP contribution in [0.25, 0.3) is 11.4 Å². The Hall–Kier alpha value is -4.22. The van der Waals surface area contributed by atoms with E-state index in [2.05, 4.69) is 40.4 Å². The van der Waals surface area contributed by atoms with E-state index < -0.39 is 10.0 Å². The van der Waals surface area contributed by atoms with Gasteiger partial charge in [-0.25, -0.2) is 13.4 Å². The van der Waals surface area contributed by atoms with Crippen LogP contribution in [0.15, 0.2) is 78.0 Å². The van der Waals surface area contributed by atoms with E-state index in [0.717, 1.165) is 5.56 Å². The minimum absolute atomic E-state index is 0.00829. The monoisotopic (exact) mass is 549 g/mol. The summed E-state index contributed by atoms with van der Waals surface area (Å²) < 4.78 is 47.0. The number of methoxy groups -OCH3 is 1. The molecule has 0 saturated heterocycles. The zero-order valence-corrected chi connectivity index (χ0v) is 23.0. The molecule has 0 aliphatic rings. The Morgan fingerprint density at radius 2 is 1.59 bits per heavy atom. The molecule has 2 heterocycles. The number of anilines is 1. The van der Waals surface area contributed by atoms with E-state index >= 15 is 0 Å². The number of hydrogen-bond donors (Lipinski definition) is 2. The maximum Gasteiger partial charge on any atom is 0.263 e. The van der Waals surface area contributed by atoms with Gasteiger partial charge in [0.25, 0.3) is 15.9 Å². The van der Waals surface area contributed by atoms with Crippen molar-refractivity contribution in [3.8, 4) is 34.5 Å². The Morgan fingerprint density at radius 1 is 0.923 bits per heavy atom. The zero-order valence-electron chi connectivity index (χ0n) is 22.2. The van der Waals surface area contributed by atoms with Gasteiger partial charge in [-0.1, -0.05) is 45.0 Å². The highest BCUT2D eigenvalue weighted by Gasteiger charge is 2.26. The first-order valence-corrected chi connectivity index (χ1v) is 13.7. The van der Waals surface area contributed by atoms with Gasteiger partial charge in [-0.2, -0.15) is 4.98 Å². The summed E-state index contributed by atoms with van der Waals surface area (Å²) >= 11 is 0. The van der Waals surface area contributed by atoms with Gasteiger partial charge in [0.1, 0.15) is 6.61 Å². The van der Waals surface area contributed by atoms with Gasteiger partial charge < -0.3 is 19.9 Å². The minimum Gasteiger partial charge on any atom is -0.493 e. The van der Waals surface area contributed by atoms with Gasteiger partial charge in [-0.05, 0) is 47.4 Å². The first-order chi connectivity index (χ1) is 18.6. The zero-order chi connectivity index (χ0) is 28.0. The SMILES string of the molecule is COc1ccccc1Oc1c(NS(=O)(=O)c2ccc(C(C)(C)C)cc2)nc(-c2ccncc2)nc1OCCN. The van der Waals surface area contributed by atoms with Gasteiger partial charge in [0, 0.05) is 24.5 Å². The molecule has 0 unspecified atom stereocenters. The molecule has 4 rings (SSSR count). The smallest absolute Gasteiger partial charge is 0.263 e. The molecule has 11 heteroatoms. The number of pyridine rings is 1. The van der Waals surface area contributed by atoms with Crippen molar-refractivity contribution in [1.29, 1.82) is 0 Å². The number of nitrogens with one attached hydrogen (secondary N) is 1.